The summed E-state index contributed by atoms with van der Waals surface area (Å²) in [7, 11) is -4.39. The number of alkyl halides is 3. The molecule has 226 valence electrons. The molecule has 0 amide bonds. The highest BCUT2D eigenvalue weighted by Gasteiger charge is 2.70. The smallest absolute Gasteiger partial charge is 0.419 e. The molecule has 42 heavy (non-hydrogen) atoms. The quantitative estimate of drug-likeness (QED) is 0.253. The minimum atomic E-state index is -4.79. The van der Waals surface area contributed by atoms with Gasteiger partial charge in [-0.25, -0.2) is 4.79 Å². The van der Waals surface area contributed by atoms with Crippen LogP contribution in [0.4, 0.5) is 13.2 Å². The predicted octanol–water partition coefficient (Wildman–Crippen LogP) is 3.78. The lowest BCUT2D eigenvalue weighted by molar-refractivity contribution is -0.155. The van der Waals surface area contributed by atoms with Crippen molar-refractivity contribution in [2.24, 2.45) is 23.7 Å². The van der Waals surface area contributed by atoms with E-state index in [0.717, 1.165) is 18.2 Å². The third kappa shape index (κ3) is 5.69. The Morgan fingerprint density at radius 3 is 2.40 bits per heavy atom. The van der Waals surface area contributed by atoms with Crippen LogP contribution < -0.4 is 4.74 Å². The summed E-state index contributed by atoms with van der Waals surface area (Å²) in [5.41, 5.74) is -1.95. The Morgan fingerprint density at radius 1 is 1.07 bits per heavy atom. The normalized spacial score (nSPS) is 26.6. The molecule has 6 atom stereocenters. The van der Waals surface area contributed by atoms with E-state index in [4.69, 9.17) is 23.5 Å². The first-order chi connectivity index (χ1) is 19.6. The minimum absolute atomic E-state index is 0.252. The van der Waals surface area contributed by atoms with Crippen LogP contribution in [0.1, 0.15) is 41.8 Å². The second-order valence-corrected chi connectivity index (χ2v) is 12.6. The van der Waals surface area contributed by atoms with Gasteiger partial charge < -0.3 is 18.9 Å². The van der Waals surface area contributed by atoms with Gasteiger partial charge in [0.2, 0.25) is 0 Å². The van der Waals surface area contributed by atoms with Crippen LogP contribution in [-0.2, 0) is 45.7 Å². The monoisotopic (exact) mass is 612 g/mol. The molecule has 1 aliphatic heterocycles. The van der Waals surface area contributed by atoms with E-state index < -0.39 is 99.4 Å². The number of halogens is 3. The predicted molar refractivity (Wildman–Crippen MR) is 137 cm³/mol. The van der Waals surface area contributed by atoms with Gasteiger partial charge in [-0.2, -0.15) is 21.6 Å². The molecule has 2 bridgehead atoms. The van der Waals surface area contributed by atoms with Crippen molar-refractivity contribution in [3.05, 3.63) is 65.2 Å². The number of benzene rings is 2. The molecule has 3 aliphatic rings. The highest BCUT2D eigenvalue weighted by Crippen LogP contribution is 2.59. The zero-order valence-electron chi connectivity index (χ0n) is 22.4. The maximum Gasteiger partial charge on any atom is 0.419 e. The largest absolute Gasteiger partial charge is 0.483 e. The first kappa shape index (κ1) is 29.8. The van der Waals surface area contributed by atoms with Crippen molar-refractivity contribution in [1.29, 1.82) is 0 Å². The van der Waals surface area contributed by atoms with Crippen LogP contribution in [0.5, 0.6) is 5.75 Å². The molecule has 3 fully saturated rings. The lowest BCUT2D eigenvalue weighted by Crippen LogP contribution is -2.44. The Labute approximate surface area is 238 Å². The number of hydrogen-bond acceptors (Lipinski definition) is 9. The molecule has 6 unspecified atom stereocenters. The van der Waals surface area contributed by atoms with E-state index in [0.29, 0.717) is 5.56 Å². The van der Waals surface area contributed by atoms with E-state index in [2.05, 4.69) is 0 Å². The lowest BCUT2D eigenvalue weighted by atomic mass is 9.78. The molecule has 10 nitrogen and oxygen atoms in total. The SMILES string of the molecule is CC(C)(Oc1cc(C(=O)OC2C3CC4C2OC(=O)C4C3C(=O)OCCS(=O)(=O)O)ccc1C(F)(F)F)c1ccccc1. The van der Waals surface area contributed by atoms with Crippen LogP contribution in [0.25, 0.3) is 0 Å². The second kappa shape index (κ2) is 10.6. The van der Waals surface area contributed by atoms with Crippen LogP contribution in [-0.4, -0.2) is 55.4 Å². The molecule has 2 aromatic carbocycles. The van der Waals surface area contributed by atoms with Crippen molar-refractivity contribution in [2.45, 2.75) is 44.3 Å². The van der Waals surface area contributed by atoms with Gasteiger partial charge in [0.05, 0.1) is 23.0 Å². The number of hydrogen-bond donors (Lipinski definition) is 1. The average molecular weight is 613 g/mol. The van der Waals surface area contributed by atoms with Crippen molar-refractivity contribution in [2.75, 3.05) is 12.4 Å². The Bertz CT molecular complexity index is 1510. The fourth-order valence-electron chi connectivity index (χ4n) is 6.15. The first-order valence-corrected chi connectivity index (χ1v) is 14.7. The standard InChI is InChI=1S/C28H27F3O10S/c1-27(2,15-6-4-3-5-7-15)41-19-12-14(8-9-18(19)28(29,30)31)24(32)39-22-16-13-17-21(26(34)40-23(17)22)20(16)25(33)38-10-11-42(35,36)37/h3-9,12,16-17,20-23H,10-11,13H2,1-2H3,(H,35,36,37). The number of esters is 3. The molecular weight excluding hydrogens is 585 g/mol. The van der Waals surface area contributed by atoms with Crippen molar-refractivity contribution in [3.63, 3.8) is 0 Å². The molecule has 1 saturated heterocycles. The molecular formula is C28H27F3O10S. The van der Waals surface area contributed by atoms with Crippen molar-refractivity contribution in [3.8, 4) is 5.75 Å². The molecule has 0 radical (unpaired) electrons. The molecule has 2 saturated carbocycles. The van der Waals surface area contributed by atoms with Gasteiger partial charge in [0.1, 0.15) is 35.9 Å². The van der Waals surface area contributed by atoms with E-state index in [1.54, 1.807) is 44.2 Å². The summed E-state index contributed by atoms with van der Waals surface area (Å²) in [6.07, 6.45) is -6.44. The van der Waals surface area contributed by atoms with Gasteiger partial charge in [0.25, 0.3) is 10.1 Å². The highest BCUT2D eigenvalue weighted by atomic mass is 32.2. The Hall–Kier alpha value is -3.65. The number of carbonyl (C=O) groups is 3. The van der Waals surface area contributed by atoms with E-state index >= 15 is 0 Å². The number of carbonyl (C=O) groups excluding carboxylic acids is 3. The Balaban J connectivity index is 1.37. The number of ether oxygens (including phenoxy) is 4. The van der Waals surface area contributed by atoms with E-state index in [1.807, 2.05) is 0 Å². The summed E-state index contributed by atoms with van der Waals surface area (Å²) in [6.45, 7) is 2.53. The molecule has 0 aromatic heterocycles. The van der Waals surface area contributed by atoms with Gasteiger partial charge in [-0.15, -0.1) is 0 Å². The van der Waals surface area contributed by atoms with Crippen LogP contribution in [0, 0.1) is 23.7 Å². The minimum Gasteiger partial charge on any atom is -0.483 e. The fourth-order valence-corrected chi connectivity index (χ4v) is 6.44. The molecule has 1 heterocycles. The number of rotatable bonds is 9. The Morgan fingerprint density at radius 2 is 1.76 bits per heavy atom. The van der Waals surface area contributed by atoms with E-state index in [-0.39, 0.29) is 12.0 Å². The zero-order chi connectivity index (χ0) is 30.6. The van der Waals surface area contributed by atoms with Crippen LogP contribution in [0.2, 0.25) is 0 Å². The molecule has 1 N–H and O–H groups in total. The summed E-state index contributed by atoms with van der Waals surface area (Å²) < 4.78 is 94.2. The molecule has 2 aromatic rings. The maximum absolute atomic E-state index is 13.9. The van der Waals surface area contributed by atoms with E-state index in [1.165, 1.54) is 0 Å². The first-order valence-electron chi connectivity index (χ1n) is 13.1. The van der Waals surface area contributed by atoms with Gasteiger partial charge in [0.15, 0.2) is 0 Å². The molecule has 5 rings (SSSR count). The van der Waals surface area contributed by atoms with Crippen molar-refractivity contribution >= 4 is 28.0 Å². The summed E-state index contributed by atoms with van der Waals surface area (Å²) >= 11 is 0. The lowest BCUT2D eigenvalue weighted by Gasteiger charge is -2.30. The average Bonchev–Trinajstić information content (AvgIpc) is 3.51. The van der Waals surface area contributed by atoms with Crippen LogP contribution >= 0.6 is 0 Å². The van der Waals surface area contributed by atoms with Crippen molar-refractivity contribution < 1.29 is 59.5 Å². The van der Waals surface area contributed by atoms with Crippen molar-refractivity contribution in [1.82, 2.24) is 0 Å². The van der Waals surface area contributed by atoms with Gasteiger partial charge >= 0.3 is 24.1 Å². The van der Waals surface area contributed by atoms with Crippen LogP contribution in [0.3, 0.4) is 0 Å². The summed E-state index contributed by atoms with van der Waals surface area (Å²) in [5, 5.41) is 0. The fraction of sp³-hybridized carbons (Fsp3) is 0.464. The molecule has 0 spiro atoms. The summed E-state index contributed by atoms with van der Waals surface area (Å²) in [6, 6.07) is 11.2. The molecule has 2 aliphatic carbocycles. The molecule has 14 heteroatoms. The third-order valence-electron chi connectivity index (χ3n) is 8.00. The summed E-state index contributed by atoms with van der Waals surface area (Å²) in [5.74, 6) is -7.14. The van der Waals surface area contributed by atoms with Gasteiger partial charge in [-0.05, 0) is 44.0 Å². The Kier molecular flexibility index (Phi) is 7.50. The van der Waals surface area contributed by atoms with E-state index in [9.17, 15) is 36.0 Å². The number of fused-ring (bicyclic) bond motifs is 1. The second-order valence-electron chi connectivity index (χ2n) is 11.0. The summed E-state index contributed by atoms with van der Waals surface area (Å²) in [4.78, 5) is 38.6. The van der Waals surface area contributed by atoms with Gasteiger partial charge in [0, 0.05) is 11.8 Å². The van der Waals surface area contributed by atoms with Gasteiger partial charge in [-0.1, -0.05) is 30.3 Å². The topological polar surface area (TPSA) is 142 Å². The van der Waals surface area contributed by atoms with Gasteiger partial charge in [-0.3, -0.25) is 14.1 Å². The zero-order valence-corrected chi connectivity index (χ0v) is 23.2. The highest BCUT2D eigenvalue weighted by molar-refractivity contribution is 7.85. The van der Waals surface area contributed by atoms with Crippen LogP contribution in [0.15, 0.2) is 48.5 Å². The maximum atomic E-state index is 13.9. The third-order valence-corrected chi connectivity index (χ3v) is 8.69.